The van der Waals surface area contributed by atoms with Gasteiger partial charge in [0, 0.05) is 25.2 Å². The molecule has 0 radical (unpaired) electrons. The molecule has 1 aromatic carbocycles. The molecule has 0 spiro atoms. The Morgan fingerprint density at radius 2 is 2.26 bits per heavy atom. The lowest BCUT2D eigenvalue weighted by atomic mass is 10.2. The van der Waals surface area contributed by atoms with Crippen LogP contribution in [0, 0.1) is 0 Å². The van der Waals surface area contributed by atoms with Crippen molar-refractivity contribution in [2.24, 2.45) is 0 Å². The van der Waals surface area contributed by atoms with Crippen molar-refractivity contribution in [2.75, 3.05) is 20.3 Å². The lowest BCUT2D eigenvalue weighted by molar-refractivity contribution is 0.0552. The minimum absolute atomic E-state index is 0.0204. The zero-order chi connectivity index (χ0) is 15.8. The van der Waals surface area contributed by atoms with Crippen LogP contribution in [0.2, 0.25) is 0 Å². The number of amides is 1. The summed E-state index contributed by atoms with van der Waals surface area (Å²) in [5.74, 6) is 0.269. The fourth-order valence-electron chi connectivity index (χ4n) is 3.10. The molecule has 2 aromatic heterocycles. The lowest BCUT2D eigenvalue weighted by Crippen LogP contribution is -2.42. The Kier molecular flexibility index (Phi) is 3.38. The summed E-state index contributed by atoms with van der Waals surface area (Å²) in [6.45, 7) is 1.59. The Labute approximate surface area is 133 Å². The third-order valence-corrected chi connectivity index (χ3v) is 4.16. The van der Waals surface area contributed by atoms with Gasteiger partial charge in [-0.2, -0.15) is 5.10 Å². The topological polar surface area (TPSA) is 60.5 Å². The quantitative estimate of drug-likeness (QED) is 0.745. The SMILES string of the molecule is COCC1CN(C(=O)c2cc3ccccc3o2)Cc2ccnn21. The van der Waals surface area contributed by atoms with Crippen LogP contribution in [0.1, 0.15) is 22.3 Å². The maximum atomic E-state index is 12.8. The highest BCUT2D eigenvalue weighted by Crippen LogP contribution is 2.25. The largest absolute Gasteiger partial charge is 0.451 e. The third kappa shape index (κ3) is 2.41. The first kappa shape index (κ1) is 14.0. The molecule has 1 unspecified atom stereocenters. The van der Waals surface area contributed by atoms with Crippen LogP contribution in [0.25, 0.3) is 11.0 Å². The van der Waals surface area contributed by atoms with E-state index in [1.165, 1.54) is 0 Å². The van der Waals surface area contributed by atoms with Gasteiger partial charge in [-0.1, -0.05) is 18.2 Å². The van der Waals surface area contributed by atoms with E-state index in [2.05, 4.69) is 5.10 Å². The van der Waals surface area contributed by atoms with Gasteiger partial charge in [-0.05, 0) is 18.2 Å². The van der Waals surface area contributed by atoms with Crippen molar-refractivity contribution in [1.29, 1.82) is 0 Å². The number of ether oxygens (including phenoxy) is 1. The Bertz CT molecular complexity index is 819. The second kappa shape index (κ2) is 5.55. The van der Waals surface area contributed by atoms with Gasteiger partial charge >= 0.3 is 0 Å². The number of methoxy groups -OCH3 is 1. The van der Waals surface area contributed by atoms with Crippen LogP contribution in [0.15, 0.2) is 47.0 Å². The van der Waals surface area contributed by atoms with Crippen molar-refractivity contribution < 1.29 is 13.9 Å². The fraction of sp³-hybridized carbons (Fsp3) is 0.294. The number of rotatable bonds is 3. The Hall–Kier alpha value is -2.60. The number of nitrogens with zero attached hydrogens (tertiary/aromatic N) is 3. The van der Waals surface area contributed by atoms with E-state index >= 15 is 0 Å². The number of furan rings is 1. The van der Waals surface area contributed by atoms with Gasteiger partial charge in [0.2, 0.25) is 0 Å². The summed E-state index contributed by atoms with van der Waals surface area (Å²) >= 11 is 0. The van der Waals surface area contributed by atoms with E-state index in [0.717, 1.165) is 16.7 Å². The zero-order valence-electron chi connectivity index (χ0n) is 12.8. The summed E-state index contributed by atoms with van der Waals surface area (Å²) in [6.07, 6.45) is 1.76. The summed E-state index contributed by atoms with van der Waals surface area (Å²) in [5, 5.41) is 5.27. The number of fused-ring (bicyclic) bond motifs is 2. The average molecular weight is 311 g/mol. The van der Waals surface area contributed by atoms with Gasteiger partial charge < -0.3 is 14.1 Å². The van der Waals surface area contributed by atoms with Crippen molar-refractivity contribution in [1.82, 2.24) is 14.7 Å². The molecule has 0 bridgehead atoms. The molecule has 1 aliphatic heterocycles. The molecule has 3 aromatic rings. The summed E-state index contributed by atoms with van der Waals surface area (Å²) in [4.78, 5) is 14.6. The maximum absolute atomic E-state index is 12.8. The highest BCUT2D eigenvalue weighted by Gasteiger charge is 2.30. The van der Waals surface area contributed by atoms with Crippen LogP contribution >= 0.6 is 0 Å². The molecule has 6 heteroatoms. The van der Waals surface area contributed by atoms with Crippen molar-refractivity contribution >= 4 is 16.9 Å². The normalized spacial score (nSPS) is 17.4. The first-order valence-corrected chi connectivity index (χ1v) is 7.55. The van der Waals surface area contributed by atoms with E-state index in [-0.39, 0.29) is 11.9 Å². The first-order valence-electron chi connectivity index (χ1n) is 7.55. The van der Waals surface area contributed by atoms with E-state index in [9.17, 15) is 4.79 Å². The molecule has 0 saturated heterocycles. The molecule has 1 amide bonds. The van der Waals surface area contributed by atoms with Crippen LogP contribution in [-0.4, -0.2) is 40.8 Å². The van der Waals surface area contributed by atoms with Crippen LogP contribution in [0.3, 0.4) is 0 Å². The second-order valence-electron chi connectivity index (χ2n) is 5.71. The van der Waals surface area contributed by atoms with E-state index < -0.39 is 0 Å². The molecule has 0 fully saturated rings. The third-order valence-electron chi connectivity index (χ3n) is 4.16. The number of para-hydroxylation sites is 1. The summed E-state index contributed by atoms with van der Waals surface area (Å²) < 4.78 is 12.9. The van der Waals surface area contributed by atoms with Gasteiger partial charge in [0.15, 0.2) is 5.76 Å². The smallest absolute Gasteiger partial charge is 0.290 e. The first-order chi connectivity index (χ1) is 11.3. The van der Waals surface area contributed by atoms with Crippen molar-refractivity contribution in [3.8, 4) is 0 Å². The highest BCUT2D eigenvalue weighted by molar-refractivity contribution is 5.96. The molecular weight excluding hydrogens is 294 g/mol. The number of hydrogen-bond acceptors (Lipinski definition) is 4. The molecule has 0 N–H and O–H groups in total. The molecule has 4 rings (SSSR count). The number of carbonyl (C=O) groups excluding carboxylic acids is 1. The monoisotopic (exact) mass is 311 g/mol. The van der Waals surface area contributed by atoms with E-state index in [1.807, 2.05) is 35.0 Å². The number of hydrogen-bond donors (Lipinski definition) is 0. The predicted octanol–water partition coefficient (Wildman–Crippen LogP) is 2.47. The Balaban J connectivity index is 1.63. The van der Waals surface area contributed by atoms with Gasteiger partial charge in [-0.15, -0.1) is 0 Å². The molecule has 118 valence electrons. The van der Waals surface area contributed by atoms with Crippen LogP contribution in [0.5, 0.6) is 0 Å². The number of benzene rings is 1. The van der Waals surface area contributed by atoms with Crippen molar-refractivity contribution in [2.45, 2.75) is 12.6 Å². The van der Waals surface area contributed by atoms with Crippen molar-refractivity contribution in [3.63, 3.8) is 0 Å². The second-order valence-corrected chi connectivity index (χ2v) is 5.71. The summed E-state index contributed by atoms with van der Waals surface area (Å²) in [6, 6.07) is 11.4. The zero-order valence-corrected chi connectivity index (χ0v) is 12.8. The standard InChI is InChI=1S/C17H17N3O3/c1-22-11-14-10-19(9-13-6-7-18-20(13)14)17(21)16-8-12-4-2-3-5-15(12)23-16/h2-8,14H,9-11H2,1H3. The number of aromatic nitrogens is 2. The van der Waals surface area contributed by atoms with Gasteiger partial charge in [0.1, 0.15) is 5.58 Å². The Morgan fingerprint density at radius 1 is 1.39 bits per heavy atom. The molecule has 6 nitrogen and oxygen atoms in total. The average Bonchev–Trinajstić information content (AvgIpc) is 3.20. The minimum Gasteiger partial charge on any atom is -0.451 e. The predicted molar refractivity (Wildman–Crippen MR) is 84.1 cm³/mol. The van der Waals surface area contributed by atoms with Crippen LogP contribution in [-0.2, 0) is 11.3 Å². The highest BCUT2D eigenvalue weighted by atomic mass is 16.5. The minimum atomic E-state index is -0.102. The van der Waals surface area contributed by atoms with Gasteiger partial charge in [-0.25, -0.2) is 0 Å². The van der Waals surface area contributed by atoms with E-state index in [1.54, 1.807) is 24.3 Å². The van der Waals surface area contributed by atoms with E-state index in [4.69, 9.17) is 9.15 Å². The molecule has 0 saturated carbocycles. The summed E-state index contributed by atoms with van der Waals surface area (Å²) in [7, 11) is 1.66. The molecule has 0 aliphatic carbocycles. The summed E-state index contributed by atoms with van der Waals surface area (Å²) in [5.41, 5.74) is 1.73. The van der Waals surface area contributed by atoms with Gasteiger partial charge in [0.05, 0.1) is 24.9 Å². The molecule has 1 atom stereocenters. The fourth-order valence-corrected chi connectivity index (χ4v) is 3.10. The Morgan fingerprint density at radius 3 is 3.09 bits per heavy atom. The van der Waals surface area contributed by atoms with Crippen LogP contribution < -0.4 is 0 Å². The number of carbonyl (C=O) groups is 1. The van der Waals surface area contributed by atoms with E-state index in [0.29, 0.717) is 25.5 Å². The molecule has 23 heavy (non-hydrogen) atoms. The van der Waals surface area contributed by atoms with Gasteiger partial charge in [-0.3, -0.25) is 9.48 Å². The molecule has 3 heterocycles. The van der Waals surface area contributed by atoms with Crippen molar-refractivity contribution in [3.05, 3.63) is 54.0 Å². The van der Waals surface area contributed by atoms with Gasteiger partial charge in [0.25, 0.3) is 5.91 Å². The molecular formula is C17H17N3O3. The maximum Gasteiger partial charge on any atom is 0.290 e. The van der Waals surface area contributed by atoms with Crippen LogP contribution in [0.4, 0.5) is 0 Å². The lowest BCUT2D eigenvalue weighted by Gasteiger charge is -2.33. The molecule has 1 aliphatic rings.